The number of benzene rings is 1. The molecular formula is C19H28N2O6S. The molecule has 1 aliphatic heterocycles. The fourth-order valence-corrected chi connectivity index (χ4v) is 4.01. The highest BCUT2D eigenvalue weighted by molar-refractivity contribution is 7.92. The molecule has 0 N–H and O–H groups in total. The number of carbonyl (C=O) groups excluding carboxylic acids is 1. The molecule has 28 heavy (non-hydrogen) atoms. The van der Waals surface area contributed by atoms with Crippen LogP contribution >= 0.6 is 0 Å². The third-order valence-corrected chi connectivity index (χ3v) is 6.15. The molecule has 9 heteroatoms. The Kier molecular flexibility index (Phi) is 6.79. The van der Waals surface area contributed by atoms with Crippen LogP contribution in [-0.4, -0.2) is 78.7 Å². The van der Waals surface area contributed by atoms with Crippen molar-refractivity contribution in [1.29, 1.82) is 0 Å². The summed E-state index contributed by atoms with van der Waals surface area (Å²) in [6.45, 7) is 4.33. The molecule has 0 radical (unpaired) electrons. The Balaban J connectivity index is 1.81. The SMILES string of the molecule is COC(=O)c1ccc(N(CCN2CCOCC2)S(C)(=O)=O)cc1OCC1CC1. The van der Waals surface area contributed by atoms with Gasteiger partial charge in [-0.1, -0.05) is 0 Å². The molecule has 0 amide bonds. The highest BCUT2D eigenvalue weighted by Crippen LogP contribution is 2.32. The van der Waals surface area contributed by atoms with Crippen LogP contribution in [0.25, 0.3) is 0 Å². The summed E-state index contributed by atoms with van der Waals surface area (Å²) >= 11 is 0. The maximum atomic E-state index is 12.4. The van der Waals surface area contributed by atoms with E-state index in [-0.39, 0.29) is 0 Å². The van der Waals surface area contributed by atoms with Gasteiger partial charge in [0.25, 0.3) is 0 Å². The lowest BCUT2D eigenvalue weighted by molar-refractivity contribution is 0.0395. The lowest BCUT2D eigenvalue weighted by atomic mass is 10.1. The first-order chi connectivity index (χ1) is 13.4. The number of anilines is 1. The zero-order valence-electron chi connectivity index (χ0n) is 16.4. The van der Waals surface area contributed by atoms with Crippen molar-refractivity contribution < 1.29 is 27.4 Å². The van der Waals surface area contributed by atoms with Gasteiger partial charge in [-0.15, -0.1) is 0 Å². The minimum atomic E-state index is -3.49. The van der Waals surface area contributed by atoms with Crippen LogP contribution in [0.15, 0.2) is 18.2 Å². The van der Waals surface area contributed by atoms with Crippen LogP contribution in [0.4, 0.5) is 5.69 Å². The van der Waals surface area contributed by atoms with Crippen molar-refractivity contribution in [3.8, 4) is 5.75 Å². The predicted molar refractivity (Wildman–Crippen MR) is 105 cm³/mol. The second-order valence-corrected chi connectivity index (χ2v) is 9.12. The number of rotatable bonds is 9. The van der Waals surface area contributed by atoms with Crippen LogP contribution in [0.5, 0.6) is 5.75 Å². The van der Waals surface area contributed by atoms with E-state index in [0.717, 1.165) is 25.9 Å². The number of carbonyl (C=O) groups is 1. The third-order valence-electron chi connectivity index (χ3n) is 4.95. The van der Waals surface area contributed by atoms with Crippen LogP contribution < -0.4 is 9.04 Å². The molecule has 8 nitrogen and oxygen atoms in total. The molecule has 0 atom stereocenters. The van der Waals surface area contributed by atoms with E-state index in [1.807, 2.05) is 0 Å². The van der Waals surface area contributed by atoms with Gasteiger partial charge in [0.2, 0.25) is 10.0 Å². The number of ether oxygens (including phenoxy) is 3. The van der Waals surface area contributed by atoms with E-state index in [9.17, 15) is 13.2 Å². The molecule has 2 fully saturated rings. The van der Waals surface area contributed by atoms with Gasteiger partial charge in [0.1, 0.15) is 11.3 Å². The normalized spacial score (nSPS) is 17.9. The van der Waals surface area contributed by atoms with Crippen molar-refractivity contribution >= 4 is 21.7 Å². The molecule has 3 rings (SSSR count). The Morgan fingerprint density at radius 1 is 1.29 bits per heavy atom. The molecule has 1 heterocycles. The standard InChI is InChI=1S/C19H28N2O6S/c1-25-19(22)17-6-5-16(13-18(17)27-14-15-3-4-15)21(28(2,23)24)8-7-20-9-11-26-12-10-20/h5-6,13,15H,3-4,7-12,14H2,1-2H3. The highest BCUT2D eigenvalue weighted by atomic mass is 32.2. The van der Waals surface area contributed by atoms with Gasteiger partial charge in [0.05, 0.1) is 38.9 Å². The van der Waals surface area contributed by atoms with Gasteiger partial charge in [-0.2, -0.15) is 0 Å². The van der Waals surface area contributed by atoms with Crippen LogP contribution in [0.3, 0.4) is 0 Å². The fourth-order valence-electron chi connectivity index (χ4n) is 3.10. The molecular weight excluding hydrogens is 384 g/mol. The van der Waals surface area contributed by atoms with Crippen molar-refractivity contribution in [2.75, 3.05) is 63.7 Å². The zero-order valence-corrected chi connectivity index (χ0v) is 17.2. The lowest BCUT2D eigenvalue weighted by Gasteiger charge is -2.30. The van der Waals surface area contributed by atoms with Gasteiger partial charge in [-0.25, -0.2) is 13.2 Å². The molecule has 1 saturated heterocycles. The summed E-state index contributed by atoms with van der Waals surface area (Å²) in [5, 5.41) is 0. The van der Waals surface area contributed by atoms with Crippen LogP contribution in [-0.2, 0) is 19.5 Å². The number of morpholine rings is 1. The summed E-state index contributed by atoms with van der Waals surface area (Å²) in [5.74, 6) is 0.356. The van der Waals surface area contributed by atoms with Gasteiger partial charge in [0, 0.05) is 32.2 Å². The summed E-state index contributed by atoms with van der Waals surface area (Å²) in [5.41, 5.74) is 0.780. The second kappa shape index (κ2) is 9.11. The summed E-state index contributed by atoms with van der Waals surface area (Å²) in [6.07, 6.45) is 3.41. The Labute approximate surface area is 166 Å². The van der Waals surface area contributed by atoms with E-state index in [1.165, 1.54) is 17.7 Å². The molecule has 1 aromatic carbocycles. The van der Waals surface area contributed by atoms with Crippen molar-refractivity contribution in [2.24, 2.45) is 5.92 Å². The maximum Gasteiger partial charge on any atom is 0.341 e. The van der Waals surface area contributed by atoms with Crippen molar-refractivity contribution in [3.05, 3.63) is 23.8 Å². The molecule has 0 spiro atoms. The number of nitrogens with zero attached hydrogens (tertiary/aromatic N) is 2. The van der Waals surface area contributed by atoms with Crippen LogP contribution in [0, 0.1) is 5.92 Å². The number of hydrogen-bond acceptors (Lipinski definition) is 7. The summed E-state index contributed by atoms with van der Waals surface area (Å²) in [7, 11) is -2.18. The Morgan fingerprint density at radius 3 is 2.61 bits per heavy atom. The molecule has 1 aliphatic carbocycles. The quantitative estimate of drug-likeness (QED) is 0.566. The van der Waals surface area contributed by atoms with E-state index >= 15 is 0 Å². The summed E-state index contributed by atoms with van der Waals surface area (Å²) in [6, 6.07) is 4.81. The molecule has 0 aromatic heterocycles. The first-order valence-electron chi connectivity index (χ1n) is 9.51. The Hall–Kier alpha value is -1.84. The smallest absolute Gasteiger partial charge is 0.341 e. The maximum absolute atomic E-state index is 12.4. The predicted octanol–water partition coefficient (Wildman–Crippen LogP) is 1.36. The van der Waals surface area contributed by atoms with E-state index in [1.54, 1.807) is 18.2 Å². The summed E-state index contributed by atoms with van der Waals surface area (Å²) in [4.78, 5) is 14.2. The third kappa shape index (κ3) is 5.59. The average molecular weight is 413 g/mol. The Bertz CT molecular complexity index is 788. The van der Waals surface area contributed by atoms with E-state index in [2.05, 4.69) is 4.90 Å². The van der Waals surface area contributed by atoms with Crippen LogP contribution in [0.2, 0.25) is 0 Å². The molecule has 0 bridgehead atoms. The van der Waals surface area contributed by atoms with Crippen molar-refractivity contribution in [2.45, 2.75) is 12.8 Å². The molecule has 0 unspecified atom stereocenters. The number of esters is 1. The zero-order chi connectivity index (χ0) is 20.1. The lowest BCUT2D eigenvalue weighted by Crippen LogP contribution is -2.43. The second-order valence-electron chi connectivity index (χ2n) is 7.22. The van der Waals surface area contributed by atoms with Crippen molar-refractivity contribution in [1.82, 2.24) is 4.90 Å². The van der Waals surface area contributed by atoms with E-state index in [4.69, 9.17) is 14.2 Å². The van der Waals surface area contributed by atoms with Gasteiger partial charge in [0.15, 0.2) is 0 Å². The van der Waals surface area contributed by atoms with Crippen LogP contribution in [0.1, 0.15) is 23.2 Å². The number of hydrogen-bond donors (Lipinski definition) is 0. The highest BCUT2D eigenvalue weighted by Gasteiger charge is 2.25. The minimum Gasteiger partial charge on any atom is -0.492 e. The molecule has 1 aromatic rings. The van der Waals surface area contributed by atoms with Gasteiger partial charge in [-0.05, 0) is 30.9 Å². The van der Waals surface area contributed by atoms with Gasteiger partial charge >= 0.3 is 5.97 Å². The first kappa shape index (κ1) is 20.9. The van der Waals surface area contributed by atoms with E-state index in [0.29, 0.717) is 55.8 Å². The first-order valence-corrected chi connectivity index (χ1v) is 11.4. The average Bonchev–Trinajstić information content (AvgIpc) is 3.50. The van der Waals surface area contributed by atoms with Crippen molar-refractivity contribution in [3.63, 3.8) is 0 Å². The molecule has 156 valence electrons. The van der Waals surface area contributed by atoms with Gasteiger partial charge < -0.3 is 14.2 Å². The molecule has 2 aliphatic rings. The van der Waals surface area contributed by atoms with E-state index < -0.39 is 16.0 Å². The molecule has 1 saturated carbocycles. The topological polar surface area (TPSA) is 85.4 Å². The Morgan fingerprint density at radius 2 is 2.00 bits per heavy atom. The minimum absolute atomic E-state index is 0.300. The number of sulfonamides is 1. The largest absolute Gasteiger partial charge is 0.492 e. The van der Waals surface area contributed by atoms with Gasteiger partial charge in [-0.3, -0.25) is 9.21 Å². The number of methoxy groups -OCH3 is 1. The monoisotopic (exact) mass is 412 g/mol. The summed E-state index contributed by atoms with van der Waals surface area (Å²) < 4.78 is 42.2. The fraction of sp³-hybridized carbons (Fsp3) is 0.632.